The maximum Gasteiger partial charge on any atom is 0.183 e. The van der Waals surface area contributed by atoms with Crippen LogP contribution in [-0.4, -0.2) is 62.7 Å². The molecular weight excluding hydrogens is 407 g/mol. The minimum absolute atomic E-state index is 0.197. The number of aliphatic hydroxyl groups is 1. The maximum atomic E-state index is 14.4. The molecule has 3 aromatic heterocycles. The number of pyridine rings is 1. The number of aromatic nitrogens is 4. The Labute approximate surface area is 179 Å². The first-order valence-electron chi connectivity index (χ1n) is 10.3. The van der Waals surface area contributed by atoms with Crippen molar-refractivity contribution in [1.82, 2.24) is 24.8 Å². The molecule has 1 aliphatic rings. The molecule has 0 aromatic carbocycles. The van der Waals surface area contributed by atoms with Crippen LogP contribution in [0.3, 0.4) is 0 Å². The van der Waals surface area contributed by atoms with Crippen LogP contribution >= 0.6 is 11.6 Å². The van der Waals surface area contributed by atoms with Crippen molar-refractivity contribution >= 4 is 28.5 Å². The molecule has 1 saturated heterocycles. The fourth-order valence-corrected chi connectivity index (χ4v) is 4.16. The summed E-state index contributed by atoms with van der Waals surface area (Å²) in [6.45, 7) is 5.75. The molecule has 0 unspecified atom stereocenters. The minimum atomic E-state index is -0.476. The predicted octanol–water partition coefficient (Wildman–Crippen LogP) is 3.56. The fourth-order valence-electron chi connectivity index (χ4n) is 4.01. The summed E-state index contributed by atoms with van der Waals surface area (Å²) < 4.78 is 14.4. The molecule has 7 nitrogen and oxygen atoms in total. The number of hydrogen-bond acceptors (Lipinski definition) is 6. The zero-order chi connectivity index (χ0) is 21.1. The van der Waals surface area contributed by atoms with Gasteiger partial charge < -0.3 is 20.3 Å². The molecule has 0 aliphatic carbocycles. The first-order chi connectivity index (χ1) is 14.5. The Balaban J connectivity index is 1.47. The Hall–Kier alpha value is -2.29. The van der Waals surface area contributed by atoms with Gasteiger partial charge in [-0.15, -0.1) is 0 Å². The first kappa shape index (κ1) is 21.0. The van der Waals surface area contributed by atoms with Crippen molar-refractivity contribution in [2.45, 2.75) is 19.8 Å². The van der Waals surface area contributed by atoms with Gasteiger partial charge in [0.2, 0.25) is 0 Å². The summed E-state index contributed by atoms with van der Waals surface area (Å²) in [5, 5.41) is 13.8. The van der Waals surface area contributed by atoms with Crippen LogP contribution in [0.25, 0.3) is 22.4 Å². The number of fused-ring (bicyclic) bond motifs is 1. The molecule has 4 rings (SSSR count). The van der Waals surface area contributed by atoms with E-state index in [0.29, 0.717) is 29.0 Å². The van der Waals surface area contributed by atoms with E-state index in [1.54, 1.807) is 18.5 Å². The zero-order valence-corrected chi connectivity index (χ0v) is 17.7. The topological polar surface area (TPSA) is 90.0 Å². The summed E-state index contributed by atoms with van der Waals surface area (Å²) in [5.74, 6) is 0.800. The lowest BCUT2D eigenvalue weighted by atomic mass is 9.97. The zero-order valence-electron chi connectivity index (χ0n) is 16.9. The number of nitrogens with one attached hydrogen (secondary N) is 2. The van der Waals surface area contributed by atoms with E-state index in [1.807, 2.05) is 6.92 Å². The molecule has 0 amide bonds. The molecule has 160 valence electrons. The number of aliphatic hydroxyl groups excluding tert-OH is 1. The second kappa shape index (κ2) is 9.24. The van der Waals surface area contributed by atoms with Crippen LogP contribution in [0.4, 0.5) is 10.2 Å². The van der Waals surface area contributed by atoms with E-state index in [-0.39, 0.29) is 18.3 Å². The number of aromatic amines is 1. The molecule has 3 N–H and O–H groups in total. The number of nitrogens with zero attached hydrogens (tertiary/aromatic N) is 4. The van der Waals surface area contributed by atoms with Crippen LogP contribution < -0.4 is 5.32 Å². The van der Waals surface area contributed by atoms with Gasteiger partial charge in [0.15, 0.2) is 17.5 Å². The summed E-state index contributed by atoms with van der Waals surface area (Å²) in [6.07, 6.45) is 6.70. The molecule has 0 saturated carbocycles. The lowest BCUT2D eigenvalue weighted by molar-refractivity contribution is 0.131. The summed E-state index contributed by atoms with van der Waals surface area (Å²) in [6, 6.07) is 1.79. The molecule has 0 spiro atoms. The van der Waals surface area contributed by atoms with Crippen LogP contribution in [0.5, 0.6) is 0 Å². The number of hydrogen-bond donors (Lipinski definition) is 3. The second-order valence-corrected chi connectivity index (χ2v) is 8.52. The lowest BCUT2D eigenvalue weighted by Gasteiger charge is -2.34. The second-order valence-electron chi connectivity index (χ2n) is 8.08. The van der Waals surface area contributed by atoms with Crippen molar-refractivity contribution < 1.29 is 9.50 Å². The van der Waals surface area contributed by atoms with E-state index in [0.717, 1.165) is 43.4 Å². The largest absolute Gasteiger partial charge is 0.396 e. The third kappa shape index (κ3) is 4.71. The highest BCUT2D eigenvalue weighted by Gasteiger charge is 2.22. The van der Waals surface area contributed by atoms with E-state index in [9.17, 15) is 9.50 Å². The van der Waals surface area contributed by atoms with Gasteiger partial charge in [-0.1, -0.05) is 18.5 Å². The van der Waals surface area contributed by atoms with Crippen LogP contribution in [0.15, 0.2) is 24.7 Å². The lowest BCUT2D eigenvalue weighted by Crippen LogP contribution is -2.40. The number of H-pyrrole nitrogens is 1. The molecule has 30 heavy (non-hydrogen) atoms. The number of rotatable bonds is 7. The van der Waals surface area contributed by atoms with Crippen LogP contribution in [-0.2, 0) is 0 Å². The molecule has 3 aromatic rings. The Bertz CT molecular complexity index is 1010. The standard InChI is InChI=1S/C21H26ClFN6O/c1-13(12-30)10-29-4-2-3-14(11-29)6-24-21-18(23)9-27-20(28-21)17-8-26-19-16(17)5-15(22)7-25-19/h5,7-9,13-14,30H,2-4,6,10-12H2,1H3,(H,25,26)(H,24,27,28)/t13-,14-/m1/s1. The van der Waals surface area contributed by atoms with E-state index in [1.165, 1.54) is 6.20 Å². The number of likely N-dealkylation sites (tertiary alicyclic amines) is 1. The van der Waals surface area contributed by atoms with E-state index < -0.39 is 5.82 Å². The Morgan fingerprint density at radius 2 is 2.27 bits per heavy atom. The van der Waals surface area contributed by atoms with Crippen molar-refractivity contribution in [3.05, 3.63) is 35.5 Å². The van der Waals surface area contributed by atoms with E-state index in [4.69, 9.17) is 11.6 Å². The Morgan fingerprint density at radius 3 is 3.10 bits per heavy atom. The first-order valence-corrected chi connectivity index (χ1v) is 10.6. The van der Waals surface area contributed by atoms with Crippen molar-refractivity contribution in [3.8, 4) is 11.4 Å². The van der Waals surface area contributed by atoms with Gasteiger partial charge >= 0.3 is 0 Å². The van der Waals surface area contributed by atoms with Gasteiger partial charge in [0.25, 0.3) is 0 Å². The summed E-state index contributed by atoms with van der Waals surface area (Å²) in [5.41, 5.74) is 1.40. The average Bonchev–Trinajstić information content (AvgIpc) is 3.16. The minimum Gasteiger partial charge on any atom is -0.396 e. The van der Waals surface area contributed by atoms with E-state index in [2.05, 4.69) is 30.2 Å². The Kier molecular flexibility index (Phi) is 6.46. The summed E-state index contributed by atoms with van der Waals surface area (Å²) in [7, 11) is 0. The predicted molar refractivity (Wildman–Crippen MR) is 116 cm³/mol. The highest BCUT2D eigenvalue weighted by Crippen LogP contribution is 2.28. The van der Waals surface area contributed by atoms with Gasteiger partial charge in [-0.2, -0.15) is 0 Å². The highest BCUT2D eigenvalue weighted by atomic mass is 35.5. The average molecular weight is 433 g/mol. The fraction of sp³-hybridized carbons (Fsp3) is 0.476. The third-order valence-electron chi connectivity index (χ3n) is 5.53. The van der Waals surface area contributed by atoms with Crippen LogP contribution in [0.2, 0.25) is 5.02 Å². The number of halogens is 2. The quantitative estimate of drug-likeness (QED) is 0.529. The van der Waals surface area contributed by atoms with Crippen molar-refractivity contribution in [1.29, 1.82) is 0 Å². The molecule has 1 aliphatic heterocycles. The molecule has 9 heteroatoms. The molecule has 1 fully saturated rings. The Morgan fingerprint density at radius 1 is 1.40 bits per heavy atom. The molecular formula is C21H26ClFN6O. The highest BCUT2D eigenvalue weighted by molar-refractivity contribution is 6.31. The van der Waals surface area contributed by atoms with Gasteiger partial charge in [0.05, 0.1) is 11.2 Å². The number of anilines is 1. The normalized spacial score (nSPS) is 18.6. The van der Waals surface area contributed by atoms with Gasteiger partial charge in [-0.05, 0) is 37.3 Å². The summed E-state index contributed by atoms with van der Waals surface area (Å²) >= 11 is 6.07. The van der Waals surface area contributed by atoms with Crippen molar-refractivity contribution in [3.63, 3.8) is 0 Å². The van der Waals surface area contributed by atoms with Crippen LogP contribution in [0, 0.1) is 17.7 Å². The van der Waals surface area contributed by atoms with Crippen molar-refractivity contribution in [2.75, 3.05) is 38.1 Å². The molecule has 2 atom stereocenters. The molecule has 0 radical (unpaired) electrons. The van der Waals surface area contributed by atoms with Gasteiger partial charge in [-0.3, -0.25) is 0 Å². The van der Waals surface area contributed by atoms with Gasteiger partial charge in [-0.25, -0.2) is 19.3 Å². The van der Waals surface area contributed by atoms with E-state index >= 15 is 0 Å². The molecule has 4 heterocycles. The van der Waals surface area contributed by atoms with Crippen molar-refractivity contribution in [2.24, 2.45) is 11.8 Å². The smallest absolute Gasteiger partial charge is 0.183 e. The van der Waals surface area contributed by atoms with Gasteiger partial charge in [0.1, 0.15) is 5.65 Å². The monoisotopic (exact) mass is 432 g/mol. The molecule has 0 bridgehead atoms. The van der Waals surface area contributed by atoms with Gasteiger partial charge in [0, 0.05) is 49.6 Å². The van der Waals surface area contributed by atoms with Crippen LogP contribution in [0.1, 0.15) is 19.8 Å². The third-order valence-corrected chi connectivity index (χ3v) is 5.73. The summed E-state index contributed by atoms with van der Waals surface area (Å²) in [4.78, 5) is 18.3. The maximum absolute atomic E-state index is 14.4. The SMILES string of the molecule is C[C@@H](CO)CN1CCC[C@H](CNc2nc(-c3c[nH]c4ncc(Cl)cc34)ncc2F)C1. The number of piperidine rings is 1.